The van der Waals surface area contributed by atoms with Gasteiger partial charge in [-0.05, 0) is 25.0 Å². The Morgan fingerprint density at radius 3 is 2.54 bits per heavy atom. The van der Waals surface area contributed by atoms with Gasteiger partial charge in [0.2, 0.25) is 11.8 Å². The van der Waals surface area contributed by atoms with Crippen LogP contribution in [0.4, 0.5) is 0 Å². The van der Waals surface area contributed by atoms with Crippen molar-refractivity contribution in [3.05, 3.63) is 82.4 Å². The fraction of sp³-hybridized carbons (Fsp3) is 0.227. The number of carbonyl (C=O) groups excluding carboxylic acids is 3. The van der Waals surface area contributed by atoms with Crippen molar-refractivity contribution in [1.29, 1.82) is 0 Å². The number of benzene rings is 2. The lowest BCUT2D eigenvalue weighted by Crippen LogP contribution is -2.38. The zero-order valence-electron chi connectivity index (χ0n) is 15.8. The molecule has 0 unspecified atom stereocenters. The van der Waals surface area contributed by atoms with Crippen LogP contribution in [0.5, 0.6) is 0 Å². The first kappa shape index (κ1) is 19.9. The van der Waals surface area contributed by atoms with Gasteiger partial charge in [-0.3, -0.25) is 19.3 Å². The van der Waals surface area contributed by atoms with Gasteiger partial charge in [0.25, 0.3) is 0 Å². The zero-order valence-corrected chi connectivity index (χ0v) is 16.7. The lowest BCUT2D eigenvalue weighted by atomic mass is 10.1. The lowest BCUT2D eigenvalue weighted by molar-refractivity contribution is -0.131. The maximum atomic E-state index is 12.6. The Hall–Kier alpha value is -2.86. The molecule has 1 N–H and O–H groups in total. The molecule has 2 aromatic rings. The first-order chi connectivity index (χ1) is 13.5. The van der Waals surface area contributed by atoms with E-state index in [9.17, 15) is 14.4 Å². The molecule has 0 aliphatic carbocycles. The first-order valence-corrected chi connectivity index (χ1v) is 10.0. The van der Waals surface area contributed by atoms with Gasteiger partial charge < -0.3 is 5.32 Å². The van der Waals surface area contributed by atoms with Crippen molar-refractivity contribution in [2.75, 3.05) is 12.3 Å². The summed E-state index contributed by atoms with van der Waals surface area (Å²) in [5.74, 6) is -0.370. The Bertz CT molecular complexity index is 924. The van der Waals surface area contributed by atoms with Gasteiger partial charge in [-0.1, -0.05) is 66.4 Å². The largest absolute Gasteiger partial charge is 0.348 e. The Morgan fingerprint density at radius 1 is 1.14 bits per heavy atom. The van der Waals surface area contributed by atoms with Crippen LogP contribution in [0.25, 0.3) is 0 Å². The van der Waals surface area contributed by atoms with Crippen LogP contribution < -0.4 is 5.32 Å². The van der Waals surface area contributed by atoms with E-state index in [1.807, 2.05) is 62.4 Å². The quantitative estimate of drug-likeness (QED) is 0.602. The molecule has 0 spiro atoms. The number of ketones is 1. The highest BCUT2D eigenvalue weighted by Crippen LogP contribution is 2.29. The van der Waals surface area contributed by atoms with E-state index in [2.05, 4.69) is 5.32 Å². The van der Waals surface area contributed by atoms with Crippen molar-refractivity contribution in [1.82, 2.24) is 10.2 Å². The topological polar surface area (TPSA) is 66.5 Å². The fourth-order valence-corrected chi connectivity index (χ4v) is 3.93. The van der Waals surface area contributed by atoms with Crippen LogP contribution in [0.2, 0.25) is 0 Å². The number of allylic oxidation sites excluding steroid dienone is 1. The summed E-state index contributed by atoms with van der Waals surface area (Å²) in [6, 6.07) is 16.8. The van der Waals surface area contributed by atoms with Crippen LogP contribution in [0, 0.1) is 6.92 Å². The van der Waals surface area contributed by atoms with Gasteiger partial charge in [-0.15, -0.1) is 0 Å². The second-order valence-electron chi connectivity index (χ2n) is 6.63. The van der Waals surface area contributed by atoms with Crippen LogP contribution >= 0.6 is 11.8 Å². The first-order valence-electron chi connectivity index (χ1n) is 9.05. The summed E-state index contributed by atoms with van der Waals surface area (Å²) in [4.78, 5) is 38.7. The Balaban J connectivity index is 1.69. The summed E-state index contributed by atoms with van der Waals surface area (Å²) in [7, 11) is 0. The Kier molecular flexibility index (Phi) is 6.31. The molecule has 3 rings (SSSR count). The molecule has 0 radical (unpaired) electrons. The molecule has 1 fully saturated rings. The van der Waals surface area contributed by atoms with E-state index in [1.165, 1.54) is 22.7 Å². The summed E-state index contributed by atoms with van der Waals surface area (Å²) < 4.78 is 0. The molecular formula is C22H22N2O3S. The third kappa shape index (κ3) is 4.70. The number of carbonyl (C=O) groups is 3. The molecule has 1 aliphatic heterocycles. The fourth-order valence-electron chi connectivity index (χ4n) is 3.00. The lowest BCUT2D eigenvalue weighted by Gasteiger charge is -2.19. The predicted octanol–water partition coefficient (Wildman–Crippen LogP) is 3.47. The van der Waals surface area contributed by atoms with E-state index < -0.39 is 0 Å². The molecular weight excluding hydrogens is 372 g/mol. The molecule has 28 heavy (non-hydrogen) atoms. The van der Waals surface area contributed by atoms with Gasteiger partial charge in [0, 0.05) is 11.6 Å². The number of nitrogens with one attached hydrogen (secondary N) is 1. The number of amides is 2. The number of hydrogen-bond acceptors (Lipinski definition) is 4. The Morgan fingerprint density at radius 2 is 1.82 bits per heavy atom. The van der Waals surface area contributed by atoms with Crippen LogP contribution in [-0.4, -0.2) is 34.8 Å². The molecule has 0 saturated carbocycles. The number of nitrogens with zero attached hydrogens (tertiary/aromatic N) is 1. The monoisotopic (exact) mass is 394 g/mol. The minimum absolute atomic E-state index is 0.101. The van der Waals surface area contributed by atoms with E-state index in [0.717, 1.165) is 11.1 Å². The molecule has 1 atom stereocenters. The van der Waals surface area contributed by atoms with E-state index in [0.29, 0.717) is 10.6 Å². The number of aryl methyl sites for hydroxylation is 1. The second kappa shape index (κ2) is 8.89. The van der Waals surface area contributed by atoms with Crippen molar-refractivity contribution >= 4 is 29.4 Å². The molecule has 2 amide bonds. The summed E-state index contributed by atoms with van der Waals surface area (Å²) in [6.07, 6.45) is 1.45. The molecule has 144 valence electrons. The summed E-state index contributed by atoms with van der Waals surface area (Å²) in [5.41, 5.74) is 2.46. The van der Waals surface area contributed by atoms with Crippen molar-refractivity contribution in [2.24, 2.45) is 0 Å². The number of thioether (sulfide) groups is 1. The summed E-state index contributed by atoms with van der Waals surface area (Å²) in [5, 5.41) is 3.42. The standard InChI is InChI=1S/C22H22N2O3S/c1-15-8-6-7-11-18(15)19(25)12-22-24(21(27)14-28-22)13-20(26)23-16(2)17-9-4-3-5-10-17/h3-12,16H,13-14H2,1-2H3,(H,23,26)/b22-12-/t16-/m1/s1. The van der Waals surface area contributed by atoms with Crippen LogP contribution in [0.1, 0.15) is 34.5 Å². The molecule has 0 aromatic heterocycles. The van der Waals surface area contributed by atoms with Crippen LogP contribution in [-0.2, 0) is 9.59 Å². The SMILES string of the molecule is Cc1ccccc1C(=O)/C=C1\SCC(=O)N1CC(=O)N[C@H](C)c1ccccc1. The van der Waals surface area contributed by atoms with Gasteiger partial charge in [-0.2, -0.15) is 0 Å². The average molecular weight is 394 g/mol. The highest BCUT2D eigenvalue weighted by molar-refractivity contribution is 8.04. The van der Waals surface area contributed by atoms with E-state index in [1.54, 1.807) is 6.07 Å². The van der Waals surface area contributed by atoms with Gasteiger partial charge in [-0.25, -0.2) is 0 Å². The molecule has 1 heterocycles. The van der Waals surface area contributed by atoms with Crippen molar-refractivity contribution in [3.63, 3.8) is 0 Å². The molecule has 1 aliphatic rings. The smallest absolute Gasteiger partial charge is 0.240 e. The molecule has 5 nitrogen and oxygen atoms in total. The second-order valence-corrected chi connectivity index (χ2v) is 7.63. The molecule has 0 bridgehead atoms. The number of hydrogen-bond donors (Lipinski definition) is 1. The summed E-state index contributed by atoms with van der Waals surface area (Å²) >= 11 is 1.28. The maximum Gasteiger partial charge on any atom is 0.240 e. The molecule has 2 aromatic carbocycles. The predicted molar refractivity (Wildman–Crippen MR) is 111 cm³/mol. The highest BCUT2D eigenvalue weighted by atomic mass is 32.2. The zero-order chi connectivity index (χ0) is 20.1. The van der Waals surface area contributed by atoms with E-state index in [4.69, 9.17) is 0 Å². The normalized spacial score (nSPS) is 16.3. The van der Waals surface area contributed by atoms with Crippen molar-refractivity contribution in [3.8, 4) is 0 Å². The van der Waals surface area contributed by atoms with Gasteiger partial charge in [0.15, 0.2) is 5.78 Å². The third-order valence-electron chi connectivity index (χ3n) is 4.55. The third-order valence-corrected chi connectivity index (χ3v) is 5.58. The van der Waals surface area contributed by atoms with Gasteiger partial charge >= 0.3 is 0 Å². The van der Waals surface area contributed by atoms with Gasteiger partial charge in [0.05, 0.1) is 16.8 Å². The van der Waals surface area contributed by atoms with E-state index in [-0.39, 0.29) is 35.9 Å². The van der Waals surface area contributed by atoms with Crippen molar-refractivity contribution in [2.45, 2.75) is 19.9 Å². The summed E-state index contributed by atoms with van der Waals surface area (Å²) in [6.45, 7) is 3.66. The van der Waals surface area contributed by atoms with E-state index >= 15 is 0 Å². The average Bonchev–Trinajstić information content (AvgIpc) is 3.02. The minimum atomic E-state index is -0.263. The Labute approximate surface area is 168 Å². The van der Waals surface area contributed by atoms with Crippen molar-refractivity contribution < 1.29 is 14.4 Å². The minimum Gasteiger partial charge on any atom is -0.348 e. The van der Waals surface area contributed by atoms with Gasteiger partial charge in [0.1, 0.15) is 6.54 Å². The van der Waals surface area contributed by atoms with Crippen LogP contribution in [0.15, 0.2) is 65.7 Å². The number of rotatable bonds is 6. The molecule has 6 heteroatoms. The van der Waals surface area contributed by atoms with Crippen LogP contribution in [0.3, 0.4) is 0 Å². The highest BCUT2D eigenvalue weighted by Gasteiger charge is 2.29. The maximum absolute atomic E-state index is 12.6. The molecule has 1 saturated heterocycles.